The molecule has 8 heteroatoms. The van der Waals surface area contributed by atoms with E-state index < -0.39 is 10.0 Å². The maximum Gasteiger partial charge on any atom is 0.234 e. The zero-order chi connectivity index (χ0) is 15.3. The van der Waals surface area contributed by atoms with Gasteiger partial charge in [-0.2, -0.15) is 0 Å². The van der Waals surface area contributed by atoms with Crippen molar-refractivity contribution in [2.45, 2.75) is 6.42 Å². The largest absolute Gasteiger partial charge is 0.399 e. The Kier molecular flexibility index (Phi) is 5.16. The van der Waals surface area contributed by atoms with E-state index >= 15 is 0 Å². The number of sulfonamides is 1. The summed E-state index contributed by atoms with van der Waals surface area (Å²) in [6.07, 6.45) is 0.446. The smallest absolute Gasteiger partial charge is 0.234 e. The topological polar surface area (TPSA) is 94.3 Å². The highest BCUT2D eigenvalue weighted by molar-refractivity contribution is 7.92. The van der Waals surface area contributed by atoms with Gasteiger partial charge in [-0.15, -0.1) is 11.3 Å². The SMILES string of the molecule is COCCCS(=O)(=O)Nc1nc(-c2ccc(N)cc2)cs1. The van der Waals surface area contributed by atoms with Crippen LogP contribution in [0.15, 0.2) is 29.6 Å². The van der Waals surface area contributed by atoms with E-state index in [0.29, 0.717) is 23.8 Å². The Bertz CT molecular complexity index is 681. The predicted octanol–water partition coefficient (Wildman–Crippen LogP) is 2.17. The molecule has 114 valence electrons. The fourth-order valence-corrected chi connectivity index (χ4v) is 3.73. The monoisotopic (exact) mass is 327 g/mol. The molecule has 3 N–H and O–H groups in total. The van der Waals surface area contributed by atoms with Gasteiger partial charge in [-0.25, -0.2) is 13.4 Å². The number of nitrogens with two attached hydrogens (primary N) is 1. The van der Waals surface area contributed by atoms with Crippen molar-refractivity contribution in [3.63, 3.8) is 0 Å². The molecule has 0 spiro atoms. The fraction of sp³-hybridized carbons (Fsp3) is 0.308. The van der Waals surface area contributed by atoms with Gasteiger partial charge < -0.3 is 10.5 Å². The molecule has 0 saturated carbocycles. The second-order valence-corrected chi connectivity index (χ2v) is 7.13. The fourth-order valence-electron chi connectivity index (χ4n) is 1.68. The number of ether oxygens (including phenoxy) is 1. The second kappa shape index (κ2) is 6.88. The average molecular weight is 327 g/mol. The number of anilines is 2. The molecule has 0 unspecified atom stereocenters. The lowest BCUT2D eigenvalue weighted by atomic mass is 10.2. The Hall–Kier alpha value is -1.64. The van der Waals surface area contributed by atoms with Crippen molar-refractivity contribution in [3.05, 3.63) is 29.6 Å². The van der Waals surface area contributed by atoms with Crippen LogP contribution in [0.25, 0.3) is 11.3 Å². The van der Waals surface area contributed by atoms with Gasteiger partial charge in [0.05, 0.1) is 11.4 Å². The standard InChI is InChI=1S/C13H17N3O3S2/c1-19-7-2-8-21(17,18)16-13-15-12(9-20-13)10-3-5-11(14)6-4-10/h3-6,9H,2,7-8,14H2,1H3,(H,15,16). The molecular weight excluding hydrogens is 310 g/mol. The number of methoxy groups -OCH3 is 1. The van der Waals surface area contributed by atoms with Crippen molar-refractivity contribution in [1.82, 2.24) is 4.98 Å². The van der Waals surface area contributed by atoms with E-state index in [1.165, 1.54) is 11.3 Å². The van der Waals surface area contributed by atoms with Crippen LogP contribution < -0.4 is 10.5 Å². The van der Waals surface area contributed by atoms with Gasteiger partial charge in [-0.1, -0.05) is 12.1 Å². The van der Waals surface area contributed by atoms with Crippen LogP contribution in [0.2, 0.25) is 0 Å². The molecule has 1 aromatic carbocycles. The summed E-state index contributed by atoms with van der Waals surface area (Å²) in [5.41, 5.74) is 7.92. The molecule has 0 radical (unpaired) electrons. The van der Waals surface area contributed by atoms with Crippen molar-refractivity contribution < 1.29 is 13.2 Å². The number of hydrogen-bond donors (Lipinski definition) is 2. The molecule has 1 heterocycles. The molecule has 21 heavy (non-hydrogen) atoms. The number of rotatable bonds is 7. The molecule has 1 aromatic heterocycles. The van der Waals surface area contributed by atoms with Crippen molar-refractivity contribution in [2.24, 2.45) is 0 Å². The van der Waals surface area contributed by atoms with E-state index in [0.717, 1.165) is 11.3 Å². The van der Waals surface area contributed by atoms with Gasteiger partial charge in [0.15, 0.2) is 5.13 Å². The van der Waals surface area contributed by atoms with Gasteiger partial charge in [0.2, 0.25) is 10.0 Å². The molecule has 6 nitrogen and oxygen atoms in total. The van der Waals surface area contributed by atoms with Crippen LogP contribution in [0.1, 0.15) is 6.42 Å². The summed E-state index contributed by atoms with van der Waals surface area (Å²) >= 11 is 1.25. The van der Waals surface area contributed by atoms with Crippen molar-refractivity contribution in [3.8, 4) is 11.3 Å². The number of nitrogens with one attached hydrogen (secondary N) is 1. The van der Waals surface area contributed by atoms with Crippen LogP contribution in [-0.2, 0) is 14.8 Å². The minimum Gasteiger partial charge on any atom is -0.399 e. The van der Waals surface area contributed by atoms with Crippen LogP contribution in [-0.4, -0.2) is 32.9 Å². The molecule has 0 amide bonds. The summed E-state index contributed by atoms with van der Waals surface area (Å²) in [4.78, 5) is 4.28. The number of nitrogens with zero attached hydrogens (tertiary/aromatic N) is 1. The van der Waals surface area contributed by atoms with Gasteiger partial charge in [0.1, 0.15) is 0 Å². The third-order valence-electron chi connectivity index (χ3n) is 2.71. The Labute approximate surface area is 128 Å². The summed E-state index contributed by atoms with van der Waals surface area (Å²) < 4.78 is 31.0. The highest BCUT2D eigenvalue weighted by Crippen LogP contribution is 2.26. The van der Waals surface area contributed by atoms with E-state index in [1.807, 2.05) is 12.1 Å². The zero-order valence-corrected chi connectivity index (χ0v) is 13.2. The van der Waals surface area contributed by atoms with Crippen molar-refractivity contribution in [2.75, 3.05) is 29.9 Å². The lowest BCUT2D eigenvalue weighted by molar-refractivity contribution is 0.199. The first-order chi connectivity index (χ1) is 10.00. The molecular formula is C13H17N3O3S2. The molecule has 2 aromatic rings. The lowest BCUT2D eigenvalue weighted by Gasteiger charge is -2.04. The molecule has 0 saturated heterocycles. The molecule has 2 rings (SSSR count). The number of hydrogen-bond acceptors (Lipinski definition) is 6. The van der Waals surface area contributed by atoms with Crippen LogP contribution in [0, 0.1) is 0 Å². The number of benzene rings is 1. The number of aromatic nitrogens is 1. The van der Waals surface area contributed by atoms with E-state index in [1.54, 1.807) is 24.6 Å². The Morgan fingerprint density at radius 1 is 1.33 bits per heavy atom. The average Bonchev–Trinajstić information content (AvgIpc) is 2.87. The van der Waals surface area contributed by atoms with E-state index in [-0.39, 0.29) is 5.75 Å². The van der Waals surface area contributed by atoms with Gasteiger partial charge in [0.25, 0.3) is 0 Å². The first-order valence-electron chi connectivity index (χ1n) is 6.31. The first-order valence-corrected chi connectivity index (χ1v) is 8.84. The first kappa shape index (κ1) is 15.7. The molecule has 0 aliphatic heterocycles. The van der Waals surface area contributed by atoms with E-state index in [9.17, 15) is 8.42 Å². The van der Waals surface area contributed by atoms with Crippen LogP contribution in [0.3, 0.4) is 0 Å². The molecule has 0 aliphatic rings. The van der Waals surface area contributed by atoms with E-state index in [4.69, 9.17) is 10.5 Å². The summed E-state index contributed by atoms with van der Waals surface area (Å²) in [6, 6.07) is 7.26. The highest BCUT2D eigenvalue weighted by Gasteiger charge is 2.13. The van der Waals surface area contributed by atoms with E-state index in [2.05, 4.69) is 9.71 Å². The minimum absolute atomic E-state index is 0.0115. The maximum atomic E-state index is 11.8. The predicted molar refractivity (Wildman–Crippen MR) is 85.9 cm³/mol. The third-order valence-corrected chi connectivity index (χ3v) is 4.93. The quantitative estimate of drug-likeness (QED) is 0.600. The molecule has 0 bridgehead atoms. The third kappa shape index (κ3) is 4.69. The van der Waals surface area contributed by atoms with Crippen molar-refractivity contribution in [1.29, 1.82) is 0 Å². The number of thiazole rings is 1. The van der Waals surface area contributed by atoms with Crippen LogP contribution in [0.4, 0.5) is 10.8 Å². The summed E-state index contributed by atoms with van der Waals surface area (Å²) in [5.74, 6) is 0.0115. The highest BCUT2D eigenvalue weighted by atomic mass is 32.2. The van der Waals surface area contributed by atoms with Gasteiger partial charge >= 0.3 is 0 Å². The van der Waals surface area contributed by atoms with Gasteiger partial charge in [-0.05, 0) is 18.6 Å². The normalized spacial score (nSPS) is 11.5. The number of nitrogen functional groups attached to an aromatic ring is 1. The molecule has 0 fully saturated rings. The van der Waals surface area contributed by atoms with Gasteiger partial charge in [0, 0.05) is 30.3 Å². The molecule has 0 aliphatic carbocycles. The van der Waals surface area contributed by atoms with Gasteiger partial charge in [-0.3, -0.25) is 4.72 Å². The Morgan fingerprint density at radius 3 is 2.71 bits per heavy atom. The summed E-state index contributed by atoms with van der Waals surface area (Å²) in [5, 5.41) is 2.16. The summed E-state index contributed by atoms with van der Waals surface area (Å²) in [6.45, 7) is 0.412. The Balaban J connectivity index is 2.04. The Morgan fingerprint density at radius 2 is 2.05 bits per heavy atom. The second-order valence-electron chi connectivity index (χ2n) is 4.43. The maximum absolute atomic E-state index is 11.8. The lowest BCUT2D eigenvalue weighted by Crippen LogP contribution is -2.17. The minimum atomic E-state index is -3.38. The van der Waals surface area contributed by atoms with Crippen LogP contribution in [0.5, 0.6) is 0 Å². The van der Waals surface area contributed by atoms with Crippen LogP contribution >= 0.6 is 11.3 Å². The van der Waals surface area contributed by atoms with Crippen molar-refractivity contribution >= 4 is 32.2 Å². The molecule has 0 atom stereocenters. The summed E-state index contributed by atoms with van der Waals surface area (Å²) in [7, 11) is -1.84. The zero-order valence-electron chi connectivity index (χ0n) is 11.6.